The number of rotatable bonds is 7. The van der Waals surface area contributed by atoms with Crippen LogP contribution in [0, 0.1) is 0 Å². The van der Waals surface area contributed by atoms with Gasteiger partial charge in [0.1, 0.15) is 0 Å². The Kier molecular flexibility index (Phi) is 6.42. The number of aliphatic carboxylic acids is 1. The Morgan fingerprint density at radius 1 is 1.20 bits per heavy atom. The highest BCUT2D eigenvalue weighted by molar-refractivity contribution is 6.02. The maximum atomic E-state index is 11.5. The number of allylic oxidation sites excluding steroid dienone is 1. The van der Waals surface area contributed by atoms with E-state index in [2.05, 4.69) is 0 Å². The number of nitrogens with two attached hydrogens (primary N) is 1. The summed E-state index contributed by atoms with van der Waals surface area (Å²) < 4.78 is 0. The molecule has 0 aliphatic heterocycles. The van der Waals surface area contributed by atoms with E-state index in [1.807, 2.05) is 6.92 Å². The minimum atomic E-state index is -1.10. The summed E-state index contributed by atoms with van der Waals surface area (Å²) in [5.41, 5.74) is 5.45. The van der Waals surface area contributed by atoms with Crippen molar-refractivity contribution in [1.29, 1.82) is 0 Å². The summed E-state index contributed by atoms with van der Waals surface area (Å²) in [6.07, 6.45) is 3.38. The lowest BCUT2D eigenvalue weighted by molar-refractivity contribution is -0.133. The standard InChI is InChI=1S/C11H19NO3/c1-3-5-6-7-9(13)10(12)8(4-2)11(14)15/h3-7,12H2,1-2H3,(H,14,15). The Labute approximate surface area is 90.2 Å². The van der Waals surface area contributed by atoms with Crippen LogP contribution >= 0.6 is 0 Å². The fraction of sp³-hybridized carbons (Fsp3) is 0.636. The molecule has 4 nitrogen and oxygen atoms in total. The maximum absolute atomic E-state index is 11.5. The lowest BCUT2D eigenvalue weighted by Crippen LogP contribution is -2.18. The number of carbonyl (C=O) groups excluding carboxylic acids is 1. The van der Waals surface area contributed by atoms with Crippen LogP contribution < -0.4 is 5.73 Å². The molecule has 4 heteroatoms. The average Bonchev–Trinajstić information content (AvgIpc) is 2.18. The molecule has 0 bridgehead atoms. The van der Waals surface area contributed by atoms with Crippen molar-refractivity contribution in [2.75, 3.05) is 0 Å². The molecule has 0 aromatic rings. The first kappa shape index (κ1) is 13.7. The number of carbonyl (C=O) groups is 2. The molecular formula is C11H19NO3. The number of hydrogen-bond donors (Lipinski definition) is 2. The van der Waals surface area contributed by atoms with E-state index in [0.29, 0.717) is 6.42 Å². The zero-order valence-corrected chi connectivity index (χ0v) is 9.38. The Morgan fingerprint density at radius 2 is 1.80 bits per heavy atom. The van der Waals surface area contributed by atoms with Gasteiger partial charge in [-0.05, 0) is 12.8 Å². The van der Waals surface area contributed by atoms with E-state index in [1.54, 1.807) is 6.92 Å². The fourth-order valence-electron chi connectivity index (χ4n) is 1.30. The van der Waals surface area contributed by atoms with Gasteiger partial charge in [-0.15, -0.1) is 0 Å². The van der Waals surface area contributed by atoms with Crippen LogP contribution in [-0.4, -0.2) is 16.9 Å². The molecule has 0 aromatic carbocycles. The molecule has 0 amide bonds. The molecule has 0 heterocycles. The molecule has 0 fully saturated rings. The second-order valence-electron chi connectivity index (χ2n) is 3.43. The van der Waals surface area contributed by atoms with Gasteiger partial charge in [-0.25, -0.2) is 4.79 Å². The van der Waals surface area contributed by atoms with Crippen molar-refractivity contribution in [2.24, 2.45) is 5.73 Å². The third-order valence-corrected chi connectivity index (χ3v) is 2.24. The number of hydrogen-bond acceptors (Lipinski definition) is 3. The minimum absolute atomic E-state index is 0.0245. The zero-order chi connectivity index (χ0) is 11.8. The smallest absolute Gasteiger partial charge is 0.333 e. The van der Waals surface area contributed by atoms with Gasteiger partial charge in [-0.3, -0.25) is 4.79 Å². The third-order valence-electron chi connectivity index (χ3n) is 2.24. The molecule has 3 N–H and O–H groups in total. The minimum Gasteiger partial charge on any atom is -0.478 e. The Hall–Kier alpha value is -1.32. The second kappa shape index (κ2) is 7.04. The lowest BCUT2D eigenvalue weighted by Gasteiger charge is -2.04. The van der Waals surface area contributed by atoms with E-state index in [-0.39, 0.29) is 23.5 Å². The number of carboxylic acids is 1. The summed E-state index contributed by atoms with van der Waals surface area (Å²) >= 11 is 0. The van der Waals surface area contributed by atoms with Crippen molar-refractivity contribution < 1.29 is 14.7 Å². The maximum Gasteiger partial charge on any atom is 0.333 e. The Bertz CT molecular complexity index is 269. The number of ketones is 1. The third kappa shape index (κ3) is 4.63. The molecule has 0 spiro atoms. The highest BCUT2D eigenvalue weighted by Crippen LogP contribution is 2.09. The normalized spacial score (nSPS) is 12.1. The molecule has 0 saturated carbocycles. The molecule has 0 aliphatic rings. The topological polar surface area (TPSA) is 80.4 Å². The molecule has 0 saturated heterocycles. The van der Waals surface area contributed by atoms with Gasteiger partial charge in [0.05, 0.1) is 11.3 Å². The molecule has 0 rings (SSSR count). The summed E-state index contributed by atoms with van der Waals surface area (Å²) in [5, 5.41) is 8.77. The van der Waals surface area contributed by atoms with Crippen molar-refractivity contribution in [3.63, 3.8) is 0 Å². The monoisotopic (exact) mass is 213 g/mol. The van der Waals surface area contributed by atoms with Gasteiger partial charge in [-0.1, -0.05) is 26.7 Å². The van der Waals surface area contributed by atoms with E-state index < -0.39 is 5.97 Å². The predicted octanol–water partition coefficient (Wildman–Crippen LogP) is 1.84. The van der Waals surface area contributed by atoms with E-state index in [1.165, 1.54) is 0 Å². The van der Waals surface area contributed by atoms with Gasteiger partial charge in [0, 0.05) is 6.42 Å². The van der Waals surface area contributed by atoms with Crippen molar-refractivity contribution in [3.05, 3.63) is 11.3 Å². The SMILES string of the molecule is CCCCCC(=O)C(N)=C(CC)C(=O)O. The number of carboxylic acid groups (broad SMARTS) is 1. The van der Waals surface area contributed by atoms with Gasteiger partial charge in [-0.2, -0.15) is 0 Å². The van der Waals surface area contributed by atoms with Crippen molar-refractivity contribution in [1.82, 2.24) is 0 Å². The van der Waals surface area contributed by atoms with Crippen molar-refractivity contribution in [3.8, 4) is 0 Å². The highest BCUT2D eigenvalue weighted by Gasteiger charge is 2.15. The van der Waals surface area contributed by atoms with Crippen LogP contribution in [0.3, 0.4) is 0 Å². The van der Waals surface area contributed by atoms with Gasteiger partial charge >= 0.3 is 5.97 Å². The Balaban J connectivity index is 4.45. The van der Waals surface area contributed by atoms with Crippen LogP contribution in [0.5, 0.6) is 0 Å². The van der Waals surface area contributed by atoms with Crippen molar-refractivity contribution >= 4 is 11.8 Å². The summed E-state index contributed by atoms with van der Waals surface area (Å²) in [4.78, 5) is 22.2. The van der Waals surface area contributed by atoms with Crippen LogP contribution in [-0.2, 0) is 9.59 Å². The van der Waals surface area contributed by atoms with Crippen molar-refractivity contribution in [2.45, 2.75) is 46.0 Å². The molecule has 0 unspecified atom stereocenters. The lowest BCUT2D eigenvalue weighted by atomic mass is 10.0. The zero-order valence-electron chi connectivity index (χ0n) is 9.38. The van der Waals surface area contributed by atoms with Crippen LogP contribution in [0.4, 0.5) is 0 Å². The second-order valence-corrected chi connectivity index (χ2v) is 3.43. The van der Waals surface area contributed by atoms with E-state index in [4.69, 9.17) is 10.8 Å². The summed E-state index contributed by atoms with van der Waals surface area (Å²) in [6, 6.07) is 0. The largest absolute Gasteiger partial charge is 0.478 e. The van der Waals surface area contributed by atoms with Gasteiger partial charge < -0.3 is 10.8 Å². The molecule has 0 radical (unpaired) electrons. The quantitative estimate of drug-likeness (QED) is 0.499. The molecule has 0 aliphatic carbocycles. The molecule has 0 atom stereocenters. The van der Waals surface area contributed by atoms with Gasteiger partial charge in [0.15, 0.2) is 5.78 Å². The van der Waals surface area contributed by atoms with Gasteiger partial charge in [0.25, 0.3) is 0 Å². The van der Waals surface area contributed by atoms with Crippen LogP contribution in [0.15, 0.2) is 11.3 Å². The van der Waals surface area contributed by atoms with Crippen LogP contribution in [0.25, 0.3) is 0 Å². The predicted molar refractivity (Wildman–Crippen MR) is 58.3 cm³/mol. The Morgan fingerprint density at radius 3 is 2.20 bits per heavy atom. The summed E-state index contributed by atoms with van der Waals surface area (Å²) in [5.74, 6) is -1.35. The first-order chi connectivity index (χ1) is 7.04. The summed E-state index contributed by atoms with van der Waals surface area (Å²) in [7, 11) is 0. The summed E-state index contributed by atoms with van der Waals surface area (Å²) in [6.45, 7) is 3.72. The first-order valence-corrected chi connectivity index (χ1v) is 5.29. The van der Waals surface area contributed by atoms with E-state index >= 15 is 0 Å². The molecule has 0 aromatic heterocycles. The highest BCUT2D eigenvalue weighted by atomic mass is 16.4. The fourth-order valence-corrected chi connectivity index (χ4v) is 1.30. The average molecular weight is 213 g/mol. The van der Waals surface area contributed by atoms with Gasteiger partial charge in [0.2, 0.25) is 0 Å². The number of Topliss-reactive ketones (excluding diaryl/α,β-unsaturated/α-hetero) is 1. The van der Waals surface area contributed by atoms with Crippen LogP contribution in [0.1, 0.15) is 46.0 Å². The van der Waals surface area contributed by atoms with Crippen LogP contribution in [0.2, 0.25) is 0 Å². The molecular weight excluding hydrogens is 194 g/mol. The molecule has 86 valence electrons. The first-order valence-electron chi connectivity index (χ1n) is 5.29. The number of unbranched alkanes of at least 4 members (excludes halogenated alkanes) is 2. The van der Waals surface area contributed by atoms with E-state index in [9.17, 15) is 9.59 Å². The van der Waals surface area contributed by atoms with E-state index in [0.717, 1.165) is 19.3 Å². The molecule has 15 heavy (non-hydrogen) atoms.